The highest BCUT2D eigenvalue weighted by Gasteiger charge is 2.09. The van der Waals surface area contributed by atoms with E-state index in [4.69, 9.17) is 0 Å². The molecule has 0 fully saturated rings. The van der Waals surface area contributed by atoms with Crippen LogP contribution in [0.1, 0.15) is 21.9 Å². The lowest BCUT2D eigenvalue weighted by atomic mass is 10.3. The molecule has 0 radical (unpaired) electrons. The standard InChI is InChI=1S/C12H16N6O/c1-8-7-10(17-12(13-2)16-8)11(19)14-5-3-9-4-6-15-18-9/h4,6-7H,3,5H2,1-2H3,(H,14,19)(H,15,18)(H,13,16,17). The van der Waals surface area contributed by atoms with Crippen molar-refractivity contribution >= 4 is 11.9 Å². The monoisotopic (exact) mass is 260 g/mol. The second kappa shape index (κ2) is 5.94. The summed E-state index contributed by atoms with van der Waals surface area (Å²) in [5.41, 5.74) is 2.09. The van der Waals surface area contributed by atoms with Gasteiger partial charge >= 0.3 is 0 Å². The molecule has 7 heteroatoms. The number of amides is 1. The number of aromatic amines is 1. The van der Waals surface area contributed by atoms with Gasteiger partial charge in [0.2, 0.25) is 5.95 Å². The molecule has 0 bridgehead atoms. The Labute approximate surface area is 110 Å². The lowest BCUT2D eigenvalue weighted by molar-refractivity contribution is 0.0949. The van der Waals surface area contributed by atoms with Crippen molar-refractivity contribution in [3.8, 4) is 0 Å². The molecule has 0 aromatic carbocycles. The number of nitrogens with one attached hydrogen (secondary N) is 3. The minimum absolute atomic E-state index is 0.207. The SMILES string of the molecule is CNc1nc(C)cc(C(=O)NCCc2ccn[nH]2)n1. The van der Waals surface area contributed by atoms with Gasteiger partial charge in [-0.15, -0.1) is 0 Å². The topological polar surface area (TPSA) is 95.6 Å². The van der Waals surface area contributed by atoms with E-state index in [9.17, 15) is 4.79 Å². The third kappa shape index (κ3) is 3.51. The van der Waals surface area contributed by atoms with Gasteiger partial charge in [-0.1, -0.05) is 0 Å². The van der Waals surface area contributed by atoms with Gasteiger partial charge in [0.05, 0.1) is 0 Å². The van der Waals surface area contributed by atoms with Crippen LogP contribution in [-0.2, 0) is 6.42 Å². The fourth-order valence-corrected chi connectivity index (χ4v) is 1.62. The first-order chi connectivity index (χ1) is 9.19. The summed E-state index contributed by atoms with van der Waals surface area (Å²) in [6.45, 7) is 2.35. The maximum absolute atomic E-state index is 11.9. The van der Waals surface area contributed by atoms with Crippen LogP contribution in [0.5, 0.6) is 0 Å². The normalized spacial score (nSPS) is 10.2. The fourth-order valence-electron chi connectivity index (χ4n) is 1.62. The van der Waals surface area contributed by atoms with Crippen LogP contribution in [-0.4, -0.2) is 39.7 Å². The summed E-state index contributed by atoms with van der Waals surface area (Å²) in [7, 11) is 1.72. The number of nitrogens with zero attached hydrogens (tertiary/aromatic N) is 3. The smallest absolute Gasteiger partial charge is 0.270 e. The van der Waals surface area contributed by atoms with Crippen molar-refractivity contribution in [1.29, 1.82) is 0 Å². The van der Waals surface area contributed by atoms with Crippen LogP contribution in [0.25, 0.3) is 0 Å². The van der Waals surface area contributed by atoms with E-state index in [1.54, 1.807) is 19.3 Å². The highest BCUT2D eigenvalue weighted by Crippen LogP contribution is 2.04. The van der Waals surface area contributed by atoms with Crippen molar-refractivity contribution < 1.29 is 4.79 Å². The summed E-state index contributed by atoms with van der Waals surface area (Å²) in [5.74, 6) is 0.236. The van der Waals surface area contributed by atoms with E-state index in [1.807, 2.05) is 13.0 Å². The summed E-state index contributed by atoms with van der Waals surface area (Å²) in [6, 6.07) is 3.53. The second-order valence-electron chi connectivity index (χ2n) is 4.06. The number of H-pyrrole nitrogens is 1. The quantitative estimate of drug-likeness (QED) is 0.728. The van der Waals surface area contributed by atoms with Crippen LogP contribution < -0.4 is 10.6 Å². The predicted octanol–water partition coefficient (Wildman–Crippen LogP) is 0.522. The number of anilines is 1. The van der Waals surface area contributed by atoms with Crippen LogP contribution >= 0.6 is 0 Å². The van der Waals surface area contributed by atoms with Gasteiger partial charge in [0.15, 0.2) is 0 Å². The van der Waals surface area contributed by atoms with Crippen LogP contribution in [0.2, 0.25) is 0 Å². The Kier molecular flexibility index (Phi) is 4.07. The van der Waals surface area contributed by atoms with Gasteiger partial charge in [0.25, 0.3) is 5.91 Å². The molecule has 1 amide bonds. The Morgan fingerprint density at radius 3 is 2.95 bits per heavy atom. The molecular formula is C12H16N6O. The minimum Gasteiger partial charge on any atom is -0.357 e. The van der Waals surface area contributed by atoms with E-state index < -0.39 is 0 Å². The minimum atomic E-state index is -0.207. The molecule has 2 heterocycles. The Morgan fingerprint density at radius 1 is 1.42 bits per heavy atom. The van der Waals surface area contributed by atoms with Gasteiger partial charge in [-0.3, -0.25) is 9.89 Å². The lowest BCUT2D eigenvalue weighted by Gasteiger charge is -2.06. The third-order valence-electron chi connectivity index (χ3n) is 2.55. The second-order valence-corrected chi connectivity index (χ2v) is 4.06. The molecule has 0 saturated heterocycles. The first kappa shape index (κ1) is 13.0. The zero-order valence-corrected chi connectivity index (χ0v) is 10.9. The Balaban J connectivity index is 1.94. The molecule has 2 aromatic heterocycles. The first-order valence-corrected chi connectivity index (χ1v) is 5.99. The van der Waals surface area contributed by atoms with E-state index >= 15 is 0 Å². The third-order valence-corrected chi connectivity index (χ3v) is 2.55. The number of rotatable bonds is 5. The van der Waals surface area contributed by atoms with Gasteiger partial charge < -0.3 is 10.6 Å². The number of carbonyl (C=O) groups excluding carboxylic acids is 1. The van der Waals surface area contributed by atoms with E-state index in [0.717, 1.165) is 11.4 Å². The molecule has 0 saturated carbocycles. The Hall–Kier alpha value is -2.44. The number of hydrogen-bond donors (Lipinski definition) is 3. The molecule has 2 aromatic rings. The molecule has 2 rings (SSSR count). The van der Waals surface area contributed by atoms with Crippen molar-refractivity contribution in [2.75, 3.05) is 18.9 Å². The molecule has 0 unspecified atom stereocenters. The predicted molar refractivity (Wildman–Crippen MR) is 70.9 cm³/mol. The molecule has 0 aliphatic carbocycles. The molecule has 0 aliphatic rings. The van der Waals surface area contributed by atoms with E-state index in [0.29, 0.717) is 24.6 Å². The largest absolute Gasteiger partial charge is 0.357 e. The van der Waals surface area contributed by atoms with Crippen LogP contribution in [0.15, 0.2) is 18.3 Å². The van der Waals surface area contributed by atoms with E-state index in [-0.39, 0.29) is 5.91 Å². The zero-order valence-electron chi connectivity index (χ0n) is 10.9. The summed E-state index contributed by atoms with van der Waals surface area (Å²) in [5, 5.41) is 12.3. The Bertz CT molecular complexity index is 551. The average molecular weight is 260 g/mol. The summed E-state index contributed by atoms with van der Waals surface area (Å²) >= 11 is 0. The highest BCUT2D eigenvalue weighted by atomic mass is 16.1. The lowest BCUT2D eigenvalue weighted by Crippen LogP contribution is -2.27. The van der Waals surface area contributed by atoms with Crippen LogP contribution in [0, 0.1) is 6.92 Å². The summed E-state index contributed by atoms with van der Waals surface area (Å²) < 4.78 is 0. The van der Waals surface area contributed by atoms with Crippen molar-refractivity contribution in [3.63, 3.8) is 0 Å². The number of hydrogen-bond acceptors (Lipinski definition) is 5. The molecule has 7 nitrogen and oxygen atoms in total. The maximum Gasteiger partial charge on any atom is 0.270 e. The van der Waals surface area contributed by atoms with Gasteiger partial charge in [-0.05, 0) is 19.1 Å². The number of carbonyl (C=O) groups is 1. The van der Waals surface area contributed by atoms with Crippen molar-refractivity contribution in [2.45, 2.75) is 13.3 Å². The van der Waals surface area contributed by atoms with Gasteiger partial charge in [0.1, 0.15) is 5.69 Å². The van der Waals surface area contributed by atoms with Crippen molar-refractivity contribution in [2.24, 2.45) is 0 Å². The number of aromatic nitrogens is 4. The summed E-state index contributed by atoms with van der Waals surface area (Å²) in [4.78, 5) is 20.2. The van der Waals surface area contributed by atoms with Gasteiger partial charge in [-0.2, -0.15) is 5.10 Å². The molecule has 19 heavy (non-hydrogen) atoms. The average Bonchev–Trinajstić information content (AvgIpc) is 2.91. The van der Waals surface area contributed by atoms with Crippen molar-refractivity contribution in [1.82, 2.24) is 25.5 Å². The molecule has 3 N–H and O–H groups in total. The molecule has 0 atom stereocenters. The zero-order chi connectivity index (χ0) is 13.7. The first-order valence-electron chi connectivity index (χ1n) is 5.99. The highest BCUT2D eigenvalue weighted by molar-refractivity contribution is 5.92. The van der Waals surface area contributed by atoms with Gasteiger partial charge in [-0.25, -0.2) is 9.97 Å². The fraction of sp³-hybridized carbons (Fsp3) is 0.333. The molecule has 100 valence electrons. The van der Waals surface area contributed by atoms with E-state index in [1.165, 1.54) is 0 Å². The van der Waals surface area contributed by atoms with Crippen LogP contribution in [0.3, 0.4) is 0 Å². The Morgan fingerprint density at radius 2 is 2.26 bits per heavy atom. The van der Waals surface area contributed by atoms with E-state index in [2.05, 4.69) is 30.8 Å². The number of aryl methyl sites for hydroxylation is 1. The van der Waals surface area contributed by atoms with Crippen molar-refractivity contribution in [3.05, 3.63) is 35.4 Å². The van der Waals surface area contributed by atoms with Gasteiger partial charge in [0, 0.05) is 37.6 Å². The molecule has 0 aliphatic heterocycles. The summed E-state index contributed by atoms with van der Waals surface area (Å²) in [6.07, 6.45) is 2.39. The maximum atomic E-state index is 11.9. The molecular weight excluding hydrogens is 244 g/mol. The van der Waals surface area contributed by atoms with Crippen LogP contribution in [0.4, 0.5) is 5.95 Å². The molecule has 0 spiro atoms.